The summed E-state index contributed by atoms with van der Waals surface area (Å²) < 4.78 is 2.07. The van der Waals surface area contributed by atoms with E-state index in [9.17, 15) is 0 Å². The lowest BCUT2D eigenvalue weighted by Crippen LogP contribution is -2.48. The monoisotopic (exact) mass is 264 g/mol. The van der Waals surface area contributed by atoms with Gasteiger partial charge in [0.05, 0.1) is 6.04 Å². The zero-order valence-corrected chi connectivity index (χ0v) is 11.0. The maximum Gasteiger partial charge on any atom is 0.147 e. The van der Waals surface area contributed by atoms with Crippen LogP contribution < -0.4 is 0 Å². The first-order chi connectivity index (χ1) is 6.83. The fourth-order valence-corrected chi connectivity index (χ4v) is 2.75. The molecule has 4 nitrogen and oxygen atoms in total. The minimum Gasteiger partial charge on any atom is -0.301 e. The average molecular weight is 265 g/mol. The Balaban J connectivity index is 0.000000640. The third-order valence-electron chi connectivity index (χ3n) is 3.58. The van der Waals surface area contributed by atoms with Gasteiger partial charge in [-0.1, -0.05) is 0 Å². The predicted molar refractivity (Wildman–Crippen MR) is 67.5 cm³/mol. The standard InChI is InChI=1S/C10H16N4.2ClH/c1-8-11-7-14(12-8)10-6-13-4-2-9(10)3-5-13;;/h7,9-10H,2-6H2,1H3;2*1H. The van der Waals surface area contributed by atoms with Crippen LogP contribution in [0.4, 0.5) is 0 Å². The van der Waals surface area contributed by atoms with Crippen molar-refractivity contribution in [3.05, 3.63) is 12.2 Å². The third-order valence-corrected chi connectivity index (χ3v) is 3.58. The molecule has 3 aliphatic rings. The second-order valence-corrected chi connectivity index (χ2v) is 4.48. The number of halogens is 2. The van der Waals surface area contributed by atoms with E-state index in [0.29, 0.717) is 6.04 Å². The molecule has 16 heavy (non-hydrogen) atoms. The van der Waals surface area contributed by atoms with Gasteiger partial charge in [0.2, 0.25) is 0 Å². The Bertz CT molecular complexity index is 333. The molecular weight excluding hydrogens is 247 g/mol. The SMILES string of the molecule is Cc1ncn(C2CN3CCC2CC3)n1.Cl.Cl. The average Bonchev–Trinajstić information content (AvgIpc) is 2.66. The molecule has 4 heterocycles. The van der Waals surface area contributed by atoms with E-state index in [4.69, 9.17) is 0 Å². The normalized spacial score (nSPS) is 31.7. The maximum atomic E-state index is 4.43. The number of hydrogen-bond donors (Lipinski definition) is 0. The van der Waals surface area contributed by atoms with Gasteiger partial charge in [-0.3, -0.25) is 0 Å². The van der Waals surface area contributed by atoms with Crippen LogP contribution in [0.15, 0.2) is 6.33 Å². The van der Waals surface area contributed by atoms with Gasteiger partial charge < -0.3 is 4.90 Å². The lowest BCUT2D eigenvalue weighted by Gasteiger charge is -2.44. The highest BCUT2D eigenvalue weighted by Crippen LogP contribution is 2.34. The van der Waals surface area contributed by atoms with Gasteiger partial charge >= 0.3 is 0 Å². The Hall–Kier alpha value is -0.320. The molecule has 1 aromatic heterocycles. The van der Waals surface area contributed by atoms with Gasteiger partial charge in [0.1, 0.15) is 12.2 Å². The highest BCUT2D eigenvalue weighted by Gasteiger charge is 2.35. The minimum atomic E-state index is 0. The summed E-state index contributed by atoms with van der Waals surface area (Å²) in [4.78, 5) is 6.75. The number of aryl methyl sites for hydroxylation is 1. The Labute approximate surface area is 108 Å². The molecule has 0 radical (unpaired) electrons. The van der Waals surface area contributed by atoms with E-state index >= 15 is 0 Å². The van der Waals surface area contributed by atoms with Crippen molar-refractivity contribution in [3.8, 4) is 0 Å². The molecule has 3 aliphatic heterocycles. The van der Waals surface area contributed by atoms with Crippen molar-refractivity contribution in [1.82, 2.24) is 19.7 Å². The lowest BCUT2D eigenvalue weighted by molar-refractivity contribution is 0.0510. The number of fused-ring (bicyclic) bond motifs is 3. The summed E-state index contributed by atoms with van der Waals surface area (Å²) in [6.07, 6.45) is 4.56. The molecule has 6 heteroatoms. The van der Waals surface area contributed by atoms with E-state index in [1.165, 1.54) is 32.5 Å². The molecule has 3 fully saturated rings. The number of hydrogen-bond acceptors (Lipinski definition) is 3. The van der Waals surface area contributed by atoms with Crippen molar-refractivity contribution in [2.24, 2.45) is 5.92 Å². The summed E-state index contributed by atoms with van der Waals surface area (Å²) >= 11 is 0. The zero-order valence-electron chi connectivity index (χ0n) is 9.37. The summed E-state index contributed by atoms with van der Waals surface area (Å²) in [6.45, 7) is 5.70. The molecule has 0 N–H and O–H groups in total. The van der Waals surface area contributed by atoms with E-state index < -0.39 is 0 Å². The van der Waals surface area contributed by atoms with Crippen LogP contribution in [0, 0.1) is 12.8 Å². The van der Waals surface area contributed by atoms with E-state index in [1.54, 1.807) is 0 Å². The van der Waals surface area contributed by atoms with Gasteiger partial charge in [0.25, 0.3) is 0 Å². The lowest BCUT2D eigenvalue weighted by atomic mass is 9.84. The summed E-state index contributed by atoms with van der Waals surface area (Å²) in [7, 11) is 0. The molecule has 1 aromatic rings. The van der Waals surface area contributed by atoms with Gasteiger partial charge in [-0.05, 0) is 38.8 Å². The van der Waals surface area contributed by atoms with Crippen LogP contribution in [0.2, 0.25) is 0 Å². The maximum absolute atomic E-state index is 4.43. The predicted octanol–water partition coefficient (Wildman–Crippen LogP) is 1.70. The van der Waals surface area contributed by atoms with Crippen LogP contribution in [0.25, 0.3) is 0 Å². The largest absolute Gasteiger partial charge is 0.301 e. The fourth-order valence-electron chi connectivity index (χ4n) is 2.75. The third kappa shape index (κ3) is 2.34. The van der Waals surface area contributed by atoms with Crippen LogP contribution in [0.1, 0.15) is 24.7 Å². The Morgan fingerprint density at radius 3 is 2.38 bits per heavy atom. The molecule has 92 valence electrons. The van der Waals surface area contributed by atoms with E-state index in [1.807, 2.05) is 13.3 Å². The molecule has 0 aliphatic carbocycles. The van der Waals surface area contributed by atoms with Crippen LogP contribution in [-0.2, 0) is 0 Å². The van der Waals surface area contributed by atoms with Crippen LogP contribution in [0.3, 0.4) is 0 Å². The Morgan fingerprint density at radius 2 is 1.94 bits per heavy atom. The van der Waals surface area contributed by atoms with Crippen molar-refractivity contribution >= 4 is 24.8 Å². The van der Waals surface area contributed by atoms with E-state index in [-0.39, 0.29) is 24.8 Å². The Morgan fingerprint density at radius 1 is 1.25 bits per heavy atom. The van der Waals surface area contributed by atoms with Crippen LogP contribution >= 0.6 is 24.8 Å². The van der Waals surface area contributed by atoms with Gasteiger partial charge in [-0.25, -0.2) is 9.67 Å². The first kappa shape index (κ1) is 13.7. The highest BCUT2D eigenvalue weighted by atomic mass is 35.5. The van der Waals surface area contributed by atoms with Crippen molar-refractivity contribution < 1.29 is 0 Å². The quantitative estimate of drug-likeness (QED) is 0.775. The van der Waals surface area contributed by atoms with Crippen molar-refractivity contribution in [3.63, 3.8) is 0 Å². The smallest absolute Gasteiger partial charge is 0.147 e. The molecule has 1 atom stereocenters. The number of nitrogens with zero attached hydrogens (tertiary/aromatic N) is 4. The van der Waals surface area contributed by atoms with Gasteiger partial charge in [0.15, 0.2) is 0 Å². The topological polar surface area (TPSA) is 34.0 Å². The summed E-state index contributed by atoms with van der Waals surface area (Å²) in [6, 6.07) is 0.582. The Kier molecular flexibility index (Phi) is 4.59. The van der Waals surface area contributed by atoms with Gasteiger partial charge in [-0.2, -0.15) is 5.10 Å². The number of piperidine rings is 3. The first-order valence-electron chi connectivity index (χ1n) is 5.43. The molecule has 1 unspecified atom stereocenters. The molecule has 3 saturated heterocycles. The first-order valence-corrected chi connectivity index (χ1v) is 5.43. The van der Waals surface area contributed by atoms with Crippen LogP contribution in [0.5, 0.6) is 0 Å². The summed E-state index contributed by atoms with van der Waals surface area (Å²) in [5.74, 6) is 1.72. The molecule has 0 amide bonds. The van der Waals surface area contributed by atoms with Crippen LogP contribution in [-0.4, -0.2) is 39.3 Å². The summed E-state index contributed by atoms with van der Waals surface area (Å²) in [5.41, 5.74) is 0. The number of rotatable bonds is 1. The van der Waals surface area contributed by atoms with Gasteiger partial charge in [0, 0.05) is 6.54 Å². The molecule has 0 spiro atoms. The second kappa shape index (κ2) is 5.34. The molecule has 4 rings (SSSR count). The minimum absolute atomic E-state index is 0. The molecule has 0 aromatic carbocycles. The number of aromatic nitrogens is 3. The highest BCUT2D eigenvalue weighted by molar-refractivity contribution is 5.85. The van der Waals surface area contributed by atoms with Crippen molar-refractivity contribution in [2.75, 3.05) is 19.6 Å². The van der Waals surface area contributed by atoms with E-state index in [2.05, 4.69) is 19.7 Å². The van der Waals surface area contributed by atoms with Crippen molar-refractivity contribution in [2.45, 2.75) is 25.8 Å². The second-order valence-electron chi connectivity index (χ2n) is 4.48. The summed E-state index contributed by atoms with van der Waals surface area (Å²) in [5, 5.41) is 4.43. The fraction of sp³-hybridized carbons (Fsp3) is 0.800. The van der Waals surface area contributed by atoms with E-state index in [0.717, 1.165) is 11.7 Å². The molecule has 0 saturated carbocycles. The van der Waals surface area contributed by atoms with Crippen molar-refractivity contribution in [1.29, 1.82) is 0 Å². The molecular formula is C10H18Cl2N4. The molecule has 2 bridgehead atoms. The van der Waals surface area contributed by atoms with Gasteiger partial charge in [-0.15, -0.1) is 24.8 Å². The zero-order chi connectivity index (χ0) is 9.54.